The summed E-state index contributed by atoms with van der Waals surface area (Å²) < 4.78 is 16.7. The quantitative estimate of drug-likeness (QED) is 0.331. The van der Waals surface area contributed by atoms with Gasteiger partial charge >= 0.3 is 0 Å². The van der Waals surface area contributed by atoms with Crippen molar-refractivity contribution in [1.29, 1.82) is 0 Å². The van der Waals surface area contributed by atoms with E-state index in [0.717, 1.165) is 45.1 Å². The molecule has 0 aromatic carbocycles. The molecule has 0 aromatic rings. The van der Waals surface area contributed by atoms with Crippen molar-refractivity contribution in [1.82, 2.24) is 0 Å². The van der Waals surface area contributed by atoms with Crippen molar-refractivity contribution in [3.05, 3.63) is 0 Å². The van der Waals surface area contributed by atoms with Crippen LogP contribution in [0.5, 0.6) is 0 Å². The van der Waals surface area contributed by atoms with Crippen LogP contribution in [0.3, 0.4) is 0 Å². The second-order valence-corrected chi connectivity index (χ2v) is 8.54. The van der Waals surface area contributed by atoms with E-state index in [0.29, 0.717) is 32.0 Å². The van der Waals surface area contributed by atoms with Crippen molar-refractivity contribution in [2.45, 2.75) is 96.7 Å². The third-order valence-electron chi connectivity index (χ3n) is 5.43. The number of ketones is 1. The van der Waals surface area contributed by atoms with Gasteiger partial charge in [-0.3, -0.25) is 4.79 Å². The van der Waals surface area contributed by atoms with E-state index in [1.807, 2.05) is 0 Å². The Hall–Kier alpha value is -0.570. The number of rotatable bonds is 16. The molecule has 7 heteroatoms. The molecule has 2 unspecified atom stereocenters. The molecule has 29 heavy (non-hydrogen) atoms. The molecule has 172 valence electrons. The molecule has 1 saturated heterocycles. The predicted octanol–water partition coefficient (Wildman–Crippen LogP) is 2.44. The van der Waals surface area contributed by atoms with Crippen LogP contribution in [0.1, 0.15) is 72.1 Å². The number of aliphatic hydroxyl groups is 3. The number of carbonyl (C=O) groups is 1. The van der Waals surface area contributed by atoms with E-state index in [1.165, 1.54) is 0 Å². The van der Waals surface area contributed by atoms with Crippen LogP contribution in [0.25, 0.3) is 0 Å². The summed E-state index contributed by atoms with van der Waals surface area (Å²) >= 11 is 0. The minimum absolute atomic E-state index is 0.278. The van der Waals surface area contributed by atoms with Gasteiger partial charge in [-0.05, 0) is 25.2 Å². The maximum Gasteiger partial charge on any atom is 0.163 e. The first-order valence-corrected chi connectivity index (χ1v) is 11.2. The fraction of sp³-hybridized carbons (Fsp3) is 0.955. The van der Waals surface area contributed by atoms with E-state index < -0.39 is 24.6 Å². The van der Waals surface area contributed by atoms with E-state index in [2.05, 4.69) is 13.8 Å². The SMILES string of the molecule is CC(C)CCOCCC(=O)CCCCCCCO[C@@H]1OC(CO)[C@H](O)C(O)[C@@H]1C. The highest BCUT2D eigenvalue weighted by atomic mass is 16.7. The smallest absolute Gasteiger partial charge is 0.163 e. The first-order chi connectivity index (χ1) is 13.9. The Morgan fingerprint density at radius 3 is 2.34 bits per heavy atom. The summed E-state index contributed by atoms with van der Waals surface area (Å²) in [5, 5.41) is 29.1. The highest BCUT2D eigenvalue weighted by Crippen LogP contribution is 2.26. The van der Waals surface area contributed by atoms with E-state index >= 15 is 0 Å². The number of Topliss-reactive ketones (excluding diaryl/α,β-unsaturated/α-hetero) is 1. The van der Waals surface area contributed by atoms with Crippen LogP contribution in [-0.4, -0.2) is 72.1 Å². The Morgan fingerprint density at radius 2 is 1.66 bits per heavy atom. The lowest BCUT2D eigenvalue weighted by Crippen LogP contribution is -2.55. The van der Waals surface area contributed by atoms with Gasteiger partial charge in [0.1, 0.15) is 18.0 Å². The maximum absolute atomic E-state index is 11.8. The molecule has 0 bridgehead atoms. The third kappa shape index (κ3) is 10.9. The molecule has 7 nitrogen and oxygen atoms in total. The molecule has 0 saturated carbocycles. The van der Waals surface area contributed by atoms with Gasteiger partial charge in [-0.25, -0.2) is 0 Å². The number of ether oxygens (including phenoxy) is 3. The fourth-order valence-electron chi connectivity index (χ4n) is 3.30. The predicted molar refractivity (Wildman–Crippen MR) is 110 cm³/mol. The van der Waals surface area contributed by atoms with E-state index in [-0.39, 0.29) is 18.3 Å². The Kier molecular flexibility index (Phi) is 13.9. The highest BCUT2D eigenvalue weighted by molar-refractivity contribution is 5.78. The highest BCUT2D eigenvalue weighted by Gasteiger charge is 2.42. The summed E-state index contributed by atoms with van der Waals surface area (Å²) in [7, 11) is 0. The molecule has 0 radical (unpaired) electrons. The zero-order chi connectivity index (χ0) is 21.6. The Labute approximate surface area is 175 Å². The Morgan fingerprint density at radius 1 is 0.966 bits per heavy atom. The molecular formula is C22H42O7. The van der Waals surface area contributed by atoms with Crippen molar-refractivity contribution in [3.8, 4) is 0 Å². The summed E-state index contributed by atoms with van der Waals surface area (Å²) in [6.07, 6.45) is 3.53. The number of aliphatic hydroxyl groups excluding tert-OH is 3. The van der Waals surface area contributed by atoms with Gasteiger partial charge in [0, 0.05) is 32.0 Å². The normalized spacial score (nSPS) is 27.5. The zero-order valence-electron chi connectivity index (χ0n) is 18.4. The fourth-order valence-corrected chi connectivity index (χ4v) is 3.30. The lowest BCUT2D eigenvalue weighted by atomic mass is 9.92. The first kappa shape index (κ1) is 26.5. The molecule has 1 aliphatic heterocycles. The molecule has 0 aliphatic carbocycles. The zero-order valence-corrected chi connectivity index (χ0v) is 18.4. The minimum Gasteiger partial charge on any atom is -0.394 e. The summed E-state index contributed by atoms with van der Waals surface area (Å²) in [5.74, 6) is 0.556. The lowest BCUT2D eigenvalue weighted by Gasteiger charge is -2.40. The molecule has 1 aliphatic rings. The molecular weight excluding hydrogens is 376 g/mol. The van der Waals surface area contributed by atoms with Crippen molar-refractivity contribution < 1.29 is 34.3 Å². The van der Waals surface area contributed by atoms with Gasteiger partial charge < -0.3 is 29.5 Å². The standard InChI is InChI=1S/C22H42O7/c1-16(2)10-13-27-14-11-18(24)9-7-5-4-6-8-12-28-22-17(3)20(25)21(26)19(15-23)29-22/h16-17,19-23,25-26H,4-15H2,1-3H3/t17-,19?,20?,21-,22+/m0/s1. The number of hydrogen-bond donors (Lipinski definition) is 3. The average molecular weight is 419 g/mol. The summed E-state index contributed by atoms with van der Waals surface area (Å²) in [6.45, 7) is 7.50. The van der Waals surface area contributed by atoms with Crippen LogP contribution in [0.4, 0.5) is 0 Å². The number of hydrogen-bond acceptors (Lipinski definition) is 7. The maximum atomic E-state index is 11.8. The summed E-state index contributed by atoms with van der Waals surface area (Å²) in [6, 6.07) is 0. The molecule has 1 heterocycles. The van der Waals surface area contributed by atoms with Gasteiger partial charge in [0.2, 0.25) is 0 Å². The molecule has 1 rings (SSSR count). The van der Waals surface area contributed by atoms with Crippen molar-refractivity contribution >= 4 is 5.78 Å². The molecule has 3 N–H and O–H groups in total. The van der Waals surface area contributed by atoms with Gasteiger partial charge in [-0.2, -0.15) is 0 Å². The van der Waals surface area contributed by atoms with Gasteiger partial charge in [-0.15, -0.1) is 0 Å². The largest absolute Gasteiger partial charge is 0.394 e. The molecule has 1 fully saturated rings. The molecule has 5 atom stereocenters. The van der Waals surface area contributed by atoms with Crippen LogP contribution >= 0.6 is 0 Å². The first-order valence-electron chi connectivity index (χ1n) is 11.2. The van der Waals surface area contributed by atoms with Crippen molar-refractivity contribution in [2.24, 2.45) is 11.8 Å². The Bertz CT molecular complexity index is 427. The summed E-state index contributed by atoms with van der Waals surface area (Å²) in [4.78, 5) is 11.8. The van der Waals surface area contributed by atoms with Crippen molar-refractivity contribution in [3.63, 3.8) is 0 Å². The van der Waals surface area contributed by atoms with Gasteiger partial charge in [0.25, 0.3) is 0 Å². The van der Waals surface area contributed by atoms with E-state index in [1.54, 1.807) is 6.92 Å². The van der Waals surface area contributed by atoms with Crippen LogP contribution < -0.4 is 0 Å². The summed E-state index contributed by atoms with van der Waals surface area (Å²) in [5.41, 5.74) is 0. The lowest BCUT2D eigenvalue weighted by molar-refractivity contribution is -0.282. The molecule has 0 spiro atoms. The molecule has 0 amide bonds. The molecule has 0 aromatic heterocycles. The van der Waals surface area contributed by atoms with Gasteiger partial charge in [-0.1, -0.05) is 40.0 Å². The Balaban J connectivity index is 1.98. The van der Waals surface area contributed by atoms with Crippen molar-refractivity contribution in [2.75, 3.05) is 26.4 Å². The van der Waals surface area contributed by atoms with Gasteiger partial charge in [0.05, 0.1) is 19.3 Å². The second kappa shape index (κ2) is 15.3. The van der Waals surface area contributed by atoms with E-state index in [9.17, 15) is 20.1 Å². The monoisotopic (exact) mass is 418 g/mol. The average Bonchev–Trinajstić information content (AvgIpc) is 2.69. The van der Waals surface area contributed by atoms with E-state index in [4.69, 9.17) is 14.2 Å². The topological polar surface area (TPSA) is 105 Å². The van der Waals surface area contributed by atoms with Crippen LogP contribution in [0.15, 0.2) is 0 Å². The van der Waals surface area contributed by atoms with Crippen LogP contribution in [0.2, 0.25) is 0 Å². The number of carbonyl (C=O) groups excluding carboxylic acids is 1. The third-order valence-corrected chi connectivity index (χ3v) is 5.43. The number of unbranched alkanes of at least 4 members (excludes halogenated alkanes) is 4. The minimum atomic E-state index is -1.09. The second-order valence-electron chi connectivity index (χ2n) is 8.54. The van der Waals surface area contributed by atoms with Crippen LogP contribution in [0, 0.1) is 11.8 Å². The van der Waals surface area contributed by atoms with Crippen LogP contribution in [-0.2, 0) is 19.0 Å². The van der Waals surface area contributed by atoms with Gasteiger partial charge in [0.15, 0.2) is 6.29 Å².